The van der Waals surface area contributed by atoms with Crippen molar-refractivity contribution in [2.24, 2.45) is 23.7 Å². The third kappa shape index (κ3) is 8.09. The third-order valence-corrected chi connectivity index (χ3v) is 8.08. The molecule has 2 saturated heterocycles. The fourth-order valence-corrected chi connectivity index (χ4v) is 5.72. The lowest BCUT2D eigenvalue weighted by atomic mass is 9.88. The van der Waals surface area contributed by atoms with Crippen molar-refractivity contribution in [2.45, 2.75) is 129 Å². The molecule has 0 aromatic carbocycles. The van der Waals surface area contributed by atoms with E-state index in [1.165, 1.54) is 6.92 Å². The second-order valence-corrected chi connectivity index (χ2v) is 11.9. The molecule has 212 valence electrons. The van der Waals surface area contributed by atoms with Crippen molar-refractivity contribution in [3.63, 3.8) is 0 Å². The number of aliphatic hydroxyl groups excluding tert-OH is 3. The van der Waals surface area contributed by atoms with E-state index in [-0.39, 0.29) is 30.0 Å². The molecule has 12 atom stereocenters. The Balaban J connectivity index is 2.29. The smallest absolute Gasteiger partial charge is 0.309 e. The molecule has 5 unspecified atom stereocenters. The molecule has 0 spiro atoms. The molecule has 2 aliphatic rings. The predicted octanol–water partition coefficient (Wildman–Crippen LogP) is 2.28. The summed E-state index contributed by atoms with van der Waals surface area (Å²) in [5.41, 5.74) is -1.68. The van der Waals surface area contributed by atoms with E-state index in [0.29, 0.717) is 38.6 Å². The highest BCUT2D eigenvalue weighted by molar-refractivity contribution is 5.72. The Labute approximate surface area is 217 Å². The van der Waals surface area contributed by atoms with Crippen LogP contribution in [0.5, 0.6) is 0 Å². The molecule has 0 radical (unpaired) electrons. The molecule has 2 heterocycles. The molecule has 36 heavy (non-hydrogen) atoms. The van der Waals surface area contributed by atoms with Gasteiger partial charge in [0, 0.05) is 13.0 Å². The highest BCUT2D eigenvalue weighted by atomic mass is 16.7. The van der Waals surface area contributed by atoms with E-state index in [1.54, 1.807) is 18.9 Å². The molecule has 9 heteroatoms. The number of nitrogens with zero attached hydrogens (tertiary/aromatic N) is 1. The van der Waals surface area contributed by atoms with Crippen LogP contribution in [0.4, 0.5) is 0 Å². The van der Waals surface area contributed by atoms with E-state index in [2.05, 4.69) is 0 Å². The Morgan fingerprint density at radius 3 is 2.25 bits per heavy atom. The highest BCUT2D eigenvalue weighted by Gasteiger charge is 2.44. The number of hydrogen-bond acceptors (Lipinski definition) is 9. The molecule has 2 fully saturated rings. The lowest BCUT2D eigenvalue weighted by molar-refractivity contribution is -0.256. The van der Waals surface area contributed by atoms with Crippen LogP contribution in [-0.2, 0) is 19.0 Å². The first-order valence-corrected chi connectivity index (χ1v) is 13.6. The van der Waals surface area contributed by atoms with E-state index in [4.69, 9.17) is 14.2 Å². The number of likely N-dealkylation sites (N-methyl/N-ethyl adjacent to an activating group) is 1. The topological polar surface area (TPSA) is 129 Å². The van der Waals surface area contributed by atoms with E-state index in [1.807, 2.05) is 34.6 Å². The second kappa shape index (κ2) is 13.3. The van der Waals surface area contributed by atoms with Crippen molar-refractivity contribution >= 4 is 5.97 Å². The number of ether oxygens (including phenoxy) is 3. The lowest BCUT2D eigenvalue weighted by Gasteiger charge is -2.41. The first-order chi connectivity index (χ1) is 16.7. The summed E-state index contributed by atoms with van der Waals surface area (Å²) in [6, 6.07) is 0. The minimum absolute atomic E-state index is 0.0149. The van der Waals surface area contributed by atoms with Crippen molar-refractivity contribution in [3.8, 4) is 0 Å². The summed E-state index contributed by atoms with van der Waals surface area (Å²) in [6.45, 7) is 13.3. The van der Waals surface area contributed by atoms with Gasteiger partial charge in [0.05, 0.1) is 30.3 Å². The van der Waals surface area contributed by atoms with Gasteiger partial charge in [-0.2, -0.15) is 0 Å². The molecular weight excluding hydrogens is 466 g/mol. The summed E-state index contributed by atoms with van der Waals surface area (Å²) >= 11 is 0. The molecule has 9 nitrogen and oxygen atoms in total. The summed E-state index contributed by atoms with van der Waals surface area (Å²) in [5, 5.41) is 43.2. The lowest BCUT2D eigenvalue weighted by Crippen LogP contribution is -2.58. The molecule has 0 amide bonds. The van der Waals surface area contributed by atoms with Gasteiger partial charge in [0.25, 0.3) is 0 Å². The van der Waals surface area contributed by atoms with Gasteiger partial charge >= 0.3 is 5.97 Å². The van der Waals surface area contributed by atoms with Gasteiger partial charge in [0.1, 0.15) is 17.9 Å². The van der Waals surface area contributed by atoms with E-state index in [9.17, 15) is 25.2 Å². The monoisotopic (exact) mass is 517 g/mol. The molecule has 0 aromatic heterocycles. The summed E-state index contributed by atoms with van der Waals surface area (Å²) in [7, 11) is 1.72. The van der Waals surface area contributed by atoms with Gasteiger partial charge in [-0.3, -0.25) is 9.69 Å². The molecule has 4 N–H and O–H groups in total. The maximum atomic E-state index is 13.1. The zero-order valence-electron chi connectivity index (χ0n) is 23.5. The number of carbonyl (C=O) groups excluding carboxylic acids is 1. The van der Waals surface area contributed by atoms with Crippen molar-refractivity contribution in [1.82, 2.24) is 4.90 Å². The summed E-state index contributed by atoms with van der Waals surface area (Å²) in [6.07, 6.45) is -2.28. The predicted molar refractivity (Wildman–Crippen MR) is 136 cm³/mol. The van der Waals surface area contributed by atoms with Gasteiger partial charge in [0.2, 0.25) is 0 Å². The largest absolute Gasteiger partial charge is 0.459 e. The van der Waals surface area contributed by atoms with Crippen LogP contribution in [0.15, 0.2) is 0 Å². The minimum Gasteiger partial charge on any atom is -0.459 e. The zero-order valence-corrected chi connectivity index (χ0v) is 23.5. The molecular formula is C27H51NO8. The van der Waals surface area contributed by atoms with Crippen LogP contribution in [0.2, 0.25) is 0 Å². The first-order valence-electron chi connectivity index (χ1n) is 13.6. The molecule has 0 saturated carbocycles. The highest BCUT2D eigenvalue weighted by Crippen LogP contribution is 2.32. The van der Waals surface area contributed by atoms with Gasteiger partial charge in [-0.15, -0.1) is 0 Å². The van der Waals surface area contributed by atoms with Crippen LogP contribution in [-0.4, -0.2) is 93.5 Å². The van der Waals surface area contributed by atoms with Crippen LogP contribution in [0.1, 0.15) is 80.6 Å². The van der Waals surface area contributed by atoms with Crippen LogP contribution >= 0.6 is 0 Å². The van der Waals surface area contributed by atoms with E-state index >= 15 is 0 Å². The number of rotatable bonds is 3. The SMILES string of the molecule is CC[C@H]1OC(=O)C(C)C[C@@H](O[C@H]2CC(C)[C@@H](O)C(C)O2)[C@H](C)CC(O)C[C@@H](C)CN(C)C(O)[C@]1(C)O. The Bertz CT molecular complexity index is 679. The van der Waals surface area contributed by atoms with Gasteiger partial charge in [0.15, 0.2) is 6.29 Å². The Hall–Kier alpha value is -0.810. The maximum absolute atomic E-state index is 13.1. The number of hydrogen-bond donors (Lipinski definition) is 4. The number of aliphatic hydroxyl groups is 4. The summed E-state index contributed by atoms with van der Waals surface area (Å²) in [4.78, 5) is 14.7. The zero-order chi connectivity index (χ0) is 27.4. The second-order valence-electron chi connectivity index (χ2n) is 11.9. The van der Waals surface area contributed by atoms with Crippen LogP contribution < -0.4 is 0 Å². The number of cyclic esters (lactones) is 1. The average molecular weight is 518 g/mol. The normalized spacial score (nSPS) is 47.0. The van der Waals surface area contributed by atoms with E-state index in [0.717, 1.165) is 0 Å². The number of carbonyl (C=O) groups is 1. The molecule has 2 rings (SSSR count). The van der Waals surface area contributed by atoms with Gasteiger partial charge in [-0.05, 0) is 64.3 Å². The van der Waals surface area contributed by atoms with Gasteiger partial charge in [-0.25, -0.2) is 0 Å². The van der Waals surface area contributed by atoms with Crippen molar-refractivity contribution < 1.29 is 39.4 Å². The van der Waals surface area contributed by atoms with Crippen molar-refractivity contribution in [2.75, 3.05) is 13.6 Å². The maximum Gasteiger partial charge on any atom is 0.309 e. The molecule has 0 aromatic rings. The molecule has 0 aliphatic carbocycles. The minimum atomic E-state index is -1.68. The average Bonchev–Trinajstić information content (AvgIpc) is 2.78. The van der Waals surface area contributed by atoms with Crippen molar-refractivity contribution in [3.05, 3.63) is 0 Å². The quantitative estimate of drug-likeness (QED) is 0.417. The van der Waals surface area contributed by atoms with Crippen LogP contribution in [0.25, 0.3) is 0 Å². The van der Waals surface area contributed by atoms with Gasteiger partial charge < -0.3 is 34.6 Å². The summed E-state index contributed by atoms with van der Waals surface area (Å²) < 4.78 is 18.1. The fourth-order valence-electron chi connectivity index (χ4n) is 5.72. The standard InChI is InChI=1S/C27H51NO8/c1-9-22-27(7,33)26(32)28(8)14-15(2)10-20(29)11-16(3)21(12-18(5)25(31)36-22)35-23-13-17(4)24(30)19(6)34-23/h15-24,26,29-30,32-33H,9-14H2,1-8H3/t15-,16-,17?,18?,19?,20?,21-,22-,23+,24-,26?,27-/m1/s1. The van der Waals surface area contributed by atoms with Crippen molar-refractivity contribution in [1.29, 1.82) is 0 Å². The summed E-state index contributed by atoms with van der Waals surface area (Å²) in [5.74, 6) is -1.01. The number of esters is 1. The third-order valence-electron chi connectivity index (χ3n) is 8.08. The first kappa shape index (κ1) is 31.4. The molecule has 2 aliphatic heterocycles. The van der Waals surface area contributed by atoms with Crippen LogP contribution in [0, 0.1) is 23.7 Å². The van der Waals surface area contributed by atoms with Crippen LogP contribution in [0.3, 0.4) is 0 Å². The van der Waals surface area contributed by atoms with E-state index < -0.39 is 48.3 Å². The Morgan fingerprint density at radius 2 is 1.67 bits per heavy atom. The Kier molecular flexibility index (Phi) is 11.6. The Morgan fingerprint density at radius 1 is 1.03 bits per heavy atom. The fraction of sp³-hybridized carbons (Fsp3) is 0.963. The molecule has 0 bridgehead atoms. The van der Waals surface area contributed by atoms with Gasteiger partial charge in [-0.1, -0.05) is 34.6 Å².